The van der Waals surface area contributed by atoms with Crippen molar-refractivity contribution in [3.63, 3.8) is 0 Å². The number of fused-ring (bicyclic) bond motifs is 1. The molecule has 1 fully saturated rings. The van der Waals surface area contributed by atoms with Crippen molar-refractivity contribution in [1.29, 1.82) is 0 Å². The van der Waals surface area contributed by atoms with Crippen molar-refractivity contribution in [1.82, 2.24) is 0 Å². The number of aliphatic hydroxyl groups excluding tert-OH is 1. The Morgan fingerprint density at radius 1 is 1.10 bits per heavy atom. The van der Waals surface area contributed by atoms with E-state index in [1.54, 1.807) is 0 Å². The van der Waals surface area contributed by atoms with E-state index >= 15 is 0 Å². The topological polar surface area (TPSA) is 57.5 Å². The summed E-state index contributed by atoms with van der Waals surface area (Å²) in [7, 11) is 0. The van der Waals surface area contributed by atoms with Gasteiger partial charge in [0.2, 0.25) is 0 Å². The van der Waals surface area contributed by atoms with Crippen LogP contribution in [0, 0.1) is 11.8 Å². The van der Waals surface area contributed by atoms with E-state index in [0.29, 0.717) is 6.42 Å². The molecule has 0 bridgehead atoms. The van der Waals surface area contributed by atoms with Gasteiger partial charge in [0, 0.05) is 5.92 Å². The number of aliphatic carboxylic acids is 1. The second kappa shape index (κ2) is 5.57. The third-order valence-electron chi connectivity index (χ3n) is 5.01. The molecule has 1 aromatic carbocycles. The minimum Gasteiger partial charge on any atom is -0.481 e. The van der Waals surface area contributed by atoms with Gasteiger partial charge in [0.1, 0.15) is 0 Å². The fraction of sp³-hybridized carbons (Fsp3) is 0.588. The summed E-state index contributed by atoms with van der Waals surface area (Å²) in [6.07, 6.45) is 6.27. The van der Waals surface area contributed by atoms with Gasteiger partial charge >= 0.3 is 5.97 Å². The first-order valence-corrected chi connectivity index (χ1v) is 7.69. The Bertz CT molecular complexity index is 509. The van der Waals surface area contributed by atoms with Crippen LogP contribution in [0.2, 0.25) is 0 Å². The molecule has 108 valence electrons. The van der Waals surface area contributed by atoms with Crippen LogP contribution in [-0.4, -0.2) is 16.2 Å². The fourth-order valence-electron chi connectivity index (χ4n) is 3.87. The van der Waals surface area contributed by atoms with Crippen molar-refractivity contribution in [3.05, 3.63) is 34.9 Å². The molecule has 2 aliphatic rings. The Kier molecular flexibility index (Phi) is 3.79. The summed E-state index contributed by atoms with van der Waals surface area (Å²) in [5.74, 6) is -1.29. The summed E-state index contributed by atoms with van der Waals surface area (Å²) in [5, 5.41) is 20.0. The number of hydrogen-bond donors (Lipinski definition) is 2. The molecule has 0 aliphatic heterocycles. The Hall–Kier alpha value is -1.35. The van der Waals surface area contributed by atoms with Gasteiger partial charge in [0.05, 0.1) is 12.0 Å². The van der Waals surface area contributed by atoms with Crippen LogP contribution in [0.4, 0.5) is 0 Å². The Morgan fingerprint density at radius 3 is 2.65 bits per heavy atom. The fourth-order valence-corrected chi connectivity index (χ4v) is 3.87. The van der Waals surface area contributed by atoms with Crippen molar-refractivity contribution >= 4 is 5.97 Å². The van der Waals surface area contributed by atoms with Gasteiger partial charge in [0.25, 0.3) is 0 Å². The minimum atomic E-state index is -0.755. The second-order valence-electron chi connectivity index (χ2n) is 6.22. The summed E-state index contributed by atoms with van der Waals surface area (Å²) in [4.78, 5) is 11.4. The lowest BCUT2D eigenvalue weighted by atomic mass is 9.74. The predicted molar refractivity (Wildman–Crippen MR) is 76.5 cm³/mol. The zero-order valence-electron chi connectivity index (χ0n) is 11.7. The minimum absolute atomic E-state index is 0.138. The van der Waals surface area contributed by atoms with Gasteiger partial charge in [-0.2, -0.15) is 0 Å². The number of carbonyl (C=O) groups is 1. The van der Waals surface area contributed by atoms with Crippen LogP contribution in [0.1, 0.15) is 54.9 Å². The highest BCUT2D eigenvalue weighted by atomic mass is 16.4. The summed E-state index contributed by atoms with van der Waals surface area (Å²) < 4.78 is 0. The SMILES string of the molecule is O=C(O)C1CCCCC1C(O)c1ccc2c(c1)CCC2. The second-order valence-corrected chi connectivity index (χ2v) is 6.22. The lowest BCUT2D eigenvalue weighted by Crippen LogP contribution is -2.31. The van der Waals surface area contributed by atoms with Gasteiger partial charge in [-0.3, -0.25) is 4.79 Å². The van der Waals surface area contributed by atoms with Crippen molar-refractivity contribution < 1.29 is 15.0 Å². The lowest BCUT2D eigenvalue weighted by Gasteiger charge is -2.32. The predicted octanol–water partition coefficient (Wildman–Crippen LogP) is 3.10. The van der Waals surface area contributed by atoms with Gasteiger partial charge in [-0.15, -0.1) is 0 Å². The molecule has 3 rings (SSSR count). The summed E-state index contributed by atoms with van der Waals surface area (Å²) in [6, 6.07) is 6.20. The maximum Gasteiger partial charge on any atom is 0.306 e. The van der Waals surface area contributed by atoms with Crippen LogP contribution in [0.5, 0.6) is 0 Å². The molecule has 3 atom stereocenters. The van der Waals surface area contributed by atoms with E-state index in [9.17, 15) is 15.0 Å². The molecular weight excluding hydrogens is 252 g/mol. The zero-order valence-corrected chi connectivity index (χ0v) is 11.7. The first kappa shape index (κ1) is 13.6. The molecule has 2 aliphatic carbocycles. The van der Waals surface area contributed by atoms with Crippen molar-refractivity contribution in [2.24, 2.45) is 11.8 Å². The molecule has 0 heterocycles. The largest absolute Gasteiger partial charge is 0.481 e. The summed E-state index contributed by atoms with van der Waals surface area (Å²) in [6.45, 7) is 0. The third kappa shape index (κ3) is 2.47. The molecule has 2 N–H and O–H groups in total. The average molecular weight is 274 g/mol. The van der Waals surface area contributed by atoms with Gasteiger partial charge in [-0.25, -0.2) is 0 Å². The molecule has 0 saturated heterocycles. The average Bonchev–Trinajstić information content (AvgIpc) is 2.93. The van der Waals surface area contributed by atoms with E-state index in [2.05, 4.69) is 12.1 Å². The number of carboxylic acid groups (broad SMARTS) is 1. The smallest absolute Gasteiger partial charge is 0.306 e. The van der Waals surface area contributed by atoms with Gasteiger partial charge in [-0.1, -0.05) is 31.0 Å². The van der Waals surface area contributed by atoms with E-state index < -0.39 is 18.0 Å². The molecule has 0 spiro atoms. The van der Waals surface area contributed by atoms with Crippen molar-refractivity contribution in [2.45, 2.75) is 51.0 Å². The maximum atomic E-state index is 11.4. The lowest BCUT2D eigenvalue weighted by molar-refractivity contribution is -0.147. The van der Waals surface area contributed by atoms with Crippen molar-refractivity contribution in [2.75, 3.05) is 0 Å². The van der Waals surface area contributed by atoms with E-state index in [4.69, 9.17) is 0 Å². The number of aliphatic hydroxyl groups is 1. The van der Waals surface area contributed by atoms with Crippen LogP contribution in [0.3, 0.4) is 0 Å². The van der Waals surface area contributed by atoms with Crippen LogP contribution >= 0.6 is 0 Å². The number of aryl methyl sites for hydroxylation is 2. The third-order valence-corrected chi connectivity index (χ3v) is 5.01. The molecular formula is C17H22O3. The van der Waals surface area contributed by atoms with E-state index in [-0.39, 0.29) is 5.92 Å². The molecule has 1 saturated carbocycles. The summed E-state index contributed by atoms with van der Waals surface area (Å²) in [5.41, 5.74) is 3.63. The van der Waals surface area contributed by atoms with Crippen LogP contribution < -0.4 is 0 Å². The first-order chi connectivity index (χ1) is 9.66. The van der Waals surface area contributed by atoms with Crippen molar-refractivity contribution in [3.8, 4) is 0 Å². The molecule has 3 nitrogen and oxygen atoms in total. The van der Waals surface area contributed by atoms with Crippen LogP contribution in [0.15, 0.2) is 18.2 Å². The number of rotatable bonds is 3. The zero-order chi connectivity index (χ0) is 14.1. The number of carboxylic acids is 1. The quantitative estimate of drug-likeness (QED) is 0.890. The molecule has 20 heavy (non-hydrogen) atoms. The number of benzene rings is 1. The normalized spacial score (nSPS) is 27.1. The van der Waals surface area contributed by atoms with E-state index in [0.717, 1.165) is 37.7 Å². The standard InChI is InChI=1S/C17H22O3/c18-16(14-6-1-2-7-15(14)17(19)20)13-9-8-11-4-3-5-12(11)10-13/h8-10,14-16,18H,1-7H2,(H,19,20). The molecule has 0 aromatic heterocycles. The molecule has 0 radical (unpaired) electrons. The molecule has 3 heteroatoms. The molecule has 3 unspecified atom stereocenters. The van der Waals surface area contributed by atoms with E-state index in [1.165, 1.54) is 17.5 Å². The molecule has 1 aromatic rings. The highest BCUT2D eigenvalue weighted by Gasteiger charge is 2.36. The maximum absolute atomic E-state index is 11.4. The highest BCUT2D eigenvalue weighted by Crippen LogP contribution is 2.39. The van der Waals surface area contributed by atoms with Gasteiger partial charge in [0.15, 0.2) is 0 Å². The highest BCUT2D eigenvalue weighted by molar-refractivity contribution is 5.70. The first-order valence-electron chi connectivity index (χ1n) is 7.69. The van der Waals surface area contributed by atoms with Crippen LogP contribution in [0.25, 0.3) is 0 Å². The summed E-state index contributed by atoms with van der Waals surface area (Å²) >= 11 is 0. The van der Waals surface area contributed by atoms with Gasteiger partial charge < -0.3 is 10.2 Å². The van der Waals surface area contributed by atoms with Gasteiger partial charge in [-0.05, 0) is 48.8 Å². The number of hydrogen-bond acceptors (Lipinski definition) is 2. The van der Waals surface area contributed by atoms with E-state index in [1.807, 2.05) is 6.07 Å². The van der Waals surface area contributed by atoms with Crippen LogP contribution in [-0.2, 0) is 17.6 Å². The Morgan fingerprint density at radius 2 is 1.85 bits per heavy atom. The Labute approximate surface area is 119 Å². The molecule has 0 amide bonds. The Balaban J connectivity index is 1.83. The monoisotopic (exact) mass is 274 g/mol.